The Morgan fingerprint density at radius 1 is 1.20 bits per heavy atom. The molecule has 0 saturated carbocycles. The van der Waals surface area contributed by atoms with Gasteiger partial charge >= 0.3 is 6.36 Å². The number of hydrogen-bond donors (Lipinski definition) is 2. The quantitative estimate of drug-likeness (QED) is 0.744. The standard InChI is InChI=1S/C12H14F3NO4/c13-12(14,15)20-10-3-1-9(2-4-10)11(18)16-5-7-19-8-6-17/h1-4,17H,5-8H2,(H,16,18). The molecule has 8 heteroatoms. The zero-order valence-electron chi connectivity index (χ0n) is 10.4. The van der Waals surface area contributed by atoms with E-state index in [2.05, 4.69) is 10.1 Å². The molecule has 20 heavy (non-hydrogen) atoms. The van der Waals surface area contributed by atoms with Crippen LogP contribution in [-0.2, 0) is 4.74 Å². The van der Waals surface area contributed by atoms with Crippen LogP contribution in [0.3, 0.4) is 0 Å². The molecule has 0 unspecified atom stereocenters. The SMILES string of the molecule is O=C(NCCOCCO)c1ccc(OC(F)(F)F)cc1. The molecule has 0 bridgehead atoms. The van der Waals surface area contributed by atoms with E-state index < -0.39 is 12.3 Å². The lowest BCUT2D eigenvalue weighted by Gasteiger charge is -2.09. The second-order valence-corrected chi connectivity index (χ2v) is 3.66. The lowest BCUT2D eigenvalue weighted by atomic mass is 10.2. The van der Waals surface area contributed by atoms with Crippen molar-refractivity contribution in [2.45, 2.75) is 6.36 Å². The van der Waals surface area contributed by atoms with Gasteiger partial charge in [-0.2, -0.15) is 0 Å². The van der Waals surface area contributed by atoms with Crippen molar-refractivity contribution in [3.8, 4) is 5.75 Å². The van der Waals surface area contributed by atoms with Crippen LogP contribution in [0, 0.1) is 0 Å². The van der Waals surface area contributed by atoms with Crippen molar-refractivity contribution in [1.82, 2.24) is 5.32 Å². The Morgan fingerprint density at radius 2 is 1.85 bits per heavy atom. The summed E-state index contributed by atoms with van der Waals surface area (Å²) >= 11 is 0. The van der Waals surface area contributed by atoms with Crippen molar-refractivity contribution in [2.75, 3.05) is 26.4 Å². The predicted octanol–water partition coefficient (Wildman–Crippen LogP) is 1.32. The zero-order chi connectivity index (χ0) is 15.0. The van der Waals surface area contributed by atoms with Gasteiger partial charge in [0, 0.05) is 12.1 Å². The first-order valence-corrected chi connectivity index (χ1v) is 5.75. The van der Waals surface area contributed by atoms with E-state index in [0.29, 0.717) is 0 Å². The number of alkyl halides is 3. The van der Waals surface area contributed by atoms with Gasteiger partial charge in [0.1, 0.15) is 5.75 Å². The third kappa shape index (κ3) is 6.39. The molecule has 5 nitrogen and oxygen atoms in total. The molecular formula is C12H14F3NO4. The molecular weight excluding hydrogens is 279 g/mol. The third-order valence-electron chi connectivity index (χ3n) is 2.12. The molecule has 0 radical (unpaired) electrons. The molecule has 0 aliphatic rings. The molecule has 0 heterocycles. The van der Waals surface area contributed by atoms with E-state index in [1.807, 2.05) is 0 Å². The van der Waals surface area contributed by atoms with Crippen LogP contribution in [0.1, 0.15) is 10.4 Å². The Labute approximate surface area is 113 Å². The van der Waals surface area contributed by atoms with Gasteiger partial charge in [-0.1, -0.05) is 0 Å². The number of ether oxygens (including phenoxy) is 2. The van der Waals surface area contributed by atoms with Crippen molar-refractivity contribution in [2.24, 2.45) is 0 Å². The van der Waals surface area contributed by atoms with Crippen molar-refractivity contribution in [3.63, 3.8) is 0 Å². The molecule has 0 aliphatic heterocycles. The van der Waals surface area contributed by atoms with E-state index >= 15 is 0 Å². The van der Waals surface area contributed by atoms with Crippen LogP contribution in [0.25, 0.3) is 0 Å². The molecule has 112 valence electrons. The summed E-state index contributed by atoms with van der Waals surface area (Å²) in [4.78, 5) is 11.6. The minimum atomic E-state index is -4.76. The van der Waals surface area contributed by atoms with E-state index in [1.165, 1.54) is 12.1 Å². The van der Waals surface area contributed by atoms with Gasteiger partial charge in [0.05, 0.1) is 19.8 Å². The van der Waals surface area contributed by atoms with E-state index in [4.69, 9.17) is 9.84 Å². The summed E-state index contributed by atoms with van der Waals surface area (Å²) < 4.78 is 44.4. The second-order valence-electron chi connectivity index (χ2n) is 3.66. The summed E-state index contributed by atoms with van der Waals surface area (Å²) in [5.74, 6) is -0.823. The number of aliphatic hydroxyl groups is 1. The Balaban J connectivity index is 2.41. The highest BCUT2D eigenvalue weighted by atomic mass is 19.4. The molecule has 2 N–H and O–H groups in total. The first-order chi connectivity index (χ1) is 9.42. The fraction of sp³-hybridized carbons (Fsp3) is 0.417. The lowest BCUT2D eigenvalue weighted by Crippen LogP contribution is -2.27. The van der Waals surface area contributed by atoms with Gasteiger partial charge in [0.2, 0.25) is 0 Å². The fourth-order valence-electron chi connectivity index (χ4n) is 1.31. The van der Waals surface area contributed by atoms with Crippen LogP contribution in [0.4, 0.5) is 13.2 Å². The highest BCUT2D eigenvalue weighted by Gasteiger charge is 2.31. The zero-order valence-corrected chi connectivity index (χ0v) is 10.4. The molecule has 1 rings (SSSR count). The number of benzene rings is 1. The average Bonchev–Trinajstić information content (AvgIpc) is 2.37. The molecule has 0 aliphatic carbocycles. The van der Waals surface area contributed by atoms with Gasteiger partial charge in [-0.15, -0.1) is 13.2 Å². The number of amides is 1. The summed E-state index contributed by atoms with van der Waals surface area (Å²) in [5, 5.41) is 11.0. The van der Waals surface area contributed by atoms with Gasteiger partial charge in [0.15, 0.2) is 0 Å². The summed E-state index contributed by atoms with van der Waals surface area (Å²) in [7, 11) is 0. The van der Waals surface area contributed by atoms with Gasteiger partial charge in [-0.25, -0.2) is 0 Å². The van der Waals surface area contributed by atoms with Crippen LogP contribution in [0.5, 0.6) is 5.75 Å². The van der Waals surface area contributed by atoms with E-state index in [1.54, 1.807) is 0 Å². The number of carbonyl (C=O) groups excluding carboxylic acids is 1. The Hall–Kier alpha value is -1.80. The van der Waals surface area contributed by atoms with Crippen molar-refractivity contribution < 1.29 is 32.5 Å². The molecule has 0 aromatic heterocycles. The molecule has 0 atom stereocenters. The Kier molecular flexibility index (Phi) is 6.26. The van der Waals surface area contributed by atoms with Gasteiger partial charge in [-0.05, 0) is 24.3 Å². The fourth-order valence-corrected chi connectivity index (χ4v) is 1.31. The molecule has 0 fully saturated rings. The third-order valence-corrected chi connectivity index (χ3v) is 2.12. The first kappa shape index (κ1) is 16.3. The van der Waals surface area contributed by atoms with E-state index in [-0.39, 0.29) is 37.7 Å². The summed E-state index contributed by atoms with van der Waals surface area (Å²) in [5.41, 5.74) is 0.210. The van der Waals surface area contributed by atoms with Crippen molar-refractivity contribution in [1.29, 1.82) is 0 Å². The smallest absolute Gasteiger partial charge is 0.406 e. The maximum atomic E-state index is 11.9. The predicted molar refractivity (Wildman–Crippen MR) is 63.4 cm³/mol. The molecule has 1 aromatic rings. The van der Waals surface area contributed by atoms with Crippen LogP contribution < -0.4 is 10.1 Å². The summed E-state index contributed by atoms with van der Waals surface area (Å²) in [6, 6.07) is 4.57. The summed E-state index contributed by atoms with van der Waals surface area (Å²) in [6.07, 6.45) is -4.76. The van der Waals surface area contributed by atoms with Crippen LogP contribution in [0.2, 0.25) is 0 Å². The van der Waals surface area contributed by atoms with Crippen LogP contribution in [-0.4, -0.2) is 43.7 Å². The Morgan fingerprint density at radius 3 is 2.40 bits per heavy atom. The topological polar surface area (TPSA) is 67.8 Å². The van der Waals surface area contributed by atoms with Gasteiger partial charge in [-0.3, -0.25) is 4.79 Å². The first-order valence-electron chi connectivity index (χ1n) is 5.75. The van der Waals surface area contributed by atoms with Crippen LogP contribution >= 0.6 is 0 Å². The molecule has 1 amide bonds. The van der Waals surface area contributed by atoms with Crippen LogP contribution in [0.15, 0.2) is 24.3 Å². The van der Waals surface area contributed by atoms with E-state index in [9.17, 15) is 18.0 Å². The number of nitrogens with one attached hydrogen (secondary N) is 1. The minimum Gasteiger partial charge on any atom is -0.406 e. The number of rotatable bonds is 7. The van der Waals surface area contributed by atoms with Gasteiger partial charge in [0.25, 0.3) is 5.91 Å². The normalized spacial score (nSPS) is 11.2. The average molecular weight is 293 g/mol. The number of halogens is 3. The minimum absolute atomic E-state index is 0.103. The summed E-state index contributed by atoms with van der Waals surface area (Å²) in [6.45, 7) is 0.551. The molecule has 0 saturated heterocycles. The maximum absolute atomic E-state index is 11.9. The van der Waals surface area contributed by atoms with E-state index in [0.717, 1.165) is 12.1 Å². The number of hydrogen-bond acceptors (Lipinski definition) is 4. The molecule has 1 aromatic carbocycles. The highest BCUT2D eigenvalue weighted by molar-refractivity contribution is 5.94. The lowest BCUT2D eigenvalue weighted by molar-refractivity contribution is -0.274. The monoisotopic (exact) mass is 293 g/mol. The number of carbonyl (C=O) groups is 1. The maximum Gasteiger partial charge on any atom is 0.573 e. The highest BCUT2D eigenvalue weighted by Crippen LogP contribution is 2.22. The van der Waals surface area contributed by atoms with Crippen molar-refractivity contribution >= 4 is 5.91 Å². The largest absolute Gasteiger partial charge is 0.573 e. The van der Waals surface area contributed by atoms with Crippen molar-refractivity contribution in [3.05, 3.63) is 29.8 Å². The number of aliphatic hydroxyl groups excluding tert-OH is 1. The Bertz CT molecular complexity index is 420. The molecule has 0 spiro atoms. The second kappa shape index (κ2) is 7.71. The van der Waals surface area contributed by atoms with Gasteiger partial charge < -0.3 is 19.9 Å².